The summed E-state index contributed by atoms with van der Waals surface area (Å²) >= 11 is 0. The first-order valence-electron chi connectivity index (χ1n) is 3.65. The van der Waals surface area contributed by atoms with E-state index in [-0.39, 0.29) is 0 Å². The molecule has 1 fully saturated rings. The fraction of sp³-hybridized carbons (Fsp3) is 1.00. The highest BCUT2D eigenvalue weighted by Gasteiger charge is 2.08. The zero-order valence-corrected chi connectivity index (χ0v) is 6.32. The first-order valence-corrected chi connectivity index (χ1v) is 3.65. The Morgan fingerprint density at radius 1 is 1.36 bits per heavy atom. The highest BCUT2D eigenvalue weighted by atomic mass is 17.5. The van der Waals surface area contributed by atoms with Crippen molar-refractivity contribution in [2.24, 2.45) is 0 Å². The van der Waals surface area contributed by atoms with Crippen molar-refractivity contribution < 1.29 is 19.9 Å². The molecule has 11 heavy (non-hydrogen) atoms. The number of nitrogens with zero attached hydrogens (tertiary/aromatic N) is 1. The maximum atomic E-state index is 9.41. The molecule has 0 saturated carbocycles. The molecule has 0 aliphatic carbocycles. The van der Waals surface area contributed by atoms with Crippen LogP contribution >= 0.6 is 0 Å². The van der Waals surface area contributed by atoms with Crippen LogP contribution in [0.2, 0.25) is 0 Å². The van der Waals surface area contributed by atoms with Crippen molar-refractivity contribution in [1.82, 2.24) is 4.90 Å². The third kappa shape index (κ3) is 3.64. The largest absolute Gasteiger partial charge is 0.692 e. The molecular weight excluding hydrogens is 150 g/mol. The van der Waals surface area contributed by atoms with E-state index in [2.05, 4.69) is 14.8 Å². The second-order valence-electron chi connectivity index (χ2n) is 2.34. The standard InChI is InChI=1S/C6H13NO4/c8-11-10-6-3-7-1-4-9-5-2-7/h8H,1-6H2/p-1. The lowest BCUT2D eigenvalue weighted by atomic mass is 10.4. The number of ether oxygens (including phenoxy) is 1. The van der Waals surface area contributed by atoms with E-state index in [0.717, 1.165) is 32.8 Å². The first-order chi connectivity index (χ1) is 5.43. The fourth-order valence-corrected chi connectivity index (χ4v) is 1.03. The summed E-state index contributed by atoms with van der Waals surface area (Å²) in [6.45, 7) is 4.38. The second-order valence-corrected chi connectivity index (χ2v) is 2.34. The lowest BCUT2D eigenvalue weighted by molar-refractivity contribution is -0.799. The van der Waals surface area contributed by atoms with Crippen LogP contribution in [-0.2, 0) is 14.7 Å². The van der Waals surface area contributed by atoms with E-state index in [4.69, 9.17) is 4.74 Å². The minimum absolute atomic E-state index is 0.323. The van der Waals surface area contributed by atoms with Gasteiger partial charge in [0.2, 0.25) is 0 Å². The summed E-state index contributed by atoms with van der Waals surface area (Å²) in [4.78, 5) is 6.35. The molecule has 0 aromatic rings. The number of hydrogen-bond donors (Lipinski definition) is 0. The smallest absolute Gasteiger partial charge is 0.0940 e. The molecule has 0 aromatic carbocycles. The molecule has 0 N–H and O–H groups in total. The van der Waals surface area contributed by atoms with Gasteiger partial charge in [0.05, 0.1) is 19.8 Å². The van der Waals surface area contributed by atoms with Gasteiger partial charge in [0.25, 0.3) is 0 Å². The minimum atomic E-state index is 0.323. The van der Waals surface area contributed by atoms with Crippen molar-refractivity contribution in [3.05, 3.63) is 0 Å². The third-order valence-electron chi connectivity index (χ3n) is 1.64. The summed E-state index contributed by atoms with van der Waals surface area (Å²) in [6, 6.07) is 0. The van der Waals surface area contributed by atoms with E-state index in [1.54, 1.807) is 0 Å². The number of morpholine rings is 1. The van der Waals surface area contributed by atoms with Crippen LogP contribution in [0.25, 0.3) is 0 Å². The van der Waals surface area contributed by atoms with E-state index in [1.807, 2.05) is 0 Å². The summed E-state index contributed by atoms with van der Waals surface area (Å²) in [5, 5.41) is 12.6. The van der Waals surface area contributed by atoms with Crippen LogP contribution in [0, 0.1) is 0 Å². The van der Waals surface area contributed by atoms with Crippen molar-refractivity contribution in [3.8, 4) is 0 Å². The van der Waals surface area contributed by atoms with Gasteiger partial charge in [-0.1, -0.05) is 0 Å². The van der Waals surface area contributed by atoms with E-state index in [0.29, 0.717) is 6.61 Å². The molecule has 5 nitrogen and oxygen atoms in total. The van der Waals surface area contributed by atoms with E-state index in [9.17, 15) is 5.26 Å². The lowest BCUT2D eigenvalue weighted by Crippen LogP contribution is -2.38. The molecule has 1 heterocycles. The van der Waals surface area contributed by atoms with Crippen molar-refractivity contribution in [2.75, 3.05) is 39.5 Å². The van der Waals surface area contributed by atoms with Gasteiger partial charge in [-0.3, -0.25) is 9.94 Å². The van der Waals surface area contributed by atoms with Crippen LogP contribution in [-0.4, -0.2) is 44.4 Å². The zero-order valence-electron chi connectivity index (χ0n) is 6.32. The zero-order chi connectivity index (χ0) is 7.94. The highest BCUT2D eigenvalue weighted by molar-refractivity contribution is 4.60. The SMILES string of the molecule is [O-]OOCCN1CCOCC1. The summed E-state index contributed by atoms with van der Waals surface area (Å²) in [5.74, 6) is 0. The topological polar surface area (TPSA) is 54.0 Å². The average Bonchev–Trinajstić information content (AvgIpc) is 2.07. The highest BCUT2D eigenvalue weighted by Crippen LogP contribution is 1.95. The van der Waals surface area contributed by atoms with Crippen LogP contribution in [0.1, 0.15) is 0 Å². The molecule has 0 amide bonds. The molecular formula is C6H12NO4-. The van der Waals surface area contributed by atoms with E-state index in [1.165, 1.54) is 0 Å². The van der Waals surface area contributed by atoms with Crippen molar-refractivity contribution in [2.45, 2.75) is 0 Å². The lowest BCUT2D eigenvalue weighted by Gasteiger charge is -2.26. The van der Waals surface area contributed by atoms with Gasteiger partial charge >= 0.3 is 0 Å². The molecule has 0 unspecified atom stereocenters. The number of rotatable bonds is 4. The Hall–Kier alpha value is -0.200. The molecule has 1 aliphatic rings. The summed E-state index contributed by atoms with van der Waals surface area (Å²) in [5.41, 5.74) is 0. The summed E-state index contributed by atoms with van der Waals surface area (Å²) in [7, 11) is 0. The van der Waals surface area contributed by atoms with Crippen LogP contribution in [0.3, 0.4) is 0 Å². The molecule has 1 rings (SSSR count). The Balaban J connectivity index is 1.96. The second kappa shape index (κ2) is 5.45. The Morgan fingerprint density at radius 3 is 2.73 bits per heavy atom. The van der Waals surface area contributed by atoms with E-state index < -0.39 is 0 Å². The first kappa shape index (κ1) is 8.89. The number of hydrogen-bond acceptors (Lipinski definition) is 5. The molecule has 1 saturated heterocycles. The van der Waals surface area contributed by atoms with Gasteiger partial charge in [0, 0.05) is 19.6 Å². The van der Waals surface area contributed by atoms with Crippen LogP contribution in [0.4, 0.5) is 0 Å². The van der Waals surface area contributed by atoms with E-state index >= 15 is 0 Å². The normalized spacial score (nSPS) is 20.5. The fourth-order valence-electron chi connectivity index (χ4n) is 1.03. The van der Waals surface area contributed by atoms with Crippen LogP contribution < -0.4 is 5.26 Å². The maximum Gasteiger partial charge on any atom is 0.0940 e. The molecule has 0 atom stereocenters. The van der Waals surface area contributed by atoms with Crippen molar-refractivity contribution in [3.63, 3.8) is 0 Å². The van der Waals surface area contributed by atoms with Gasteiger partial charge in [-0.2, -0.15) is 0 Å². The summed E-state index contributed by atoms with van der Waals surface area (Å²) < 4.78 is 5.13. The molecule has 0 radical (unpaired) electrons. The Bertz CT molecular complexity index is 94.6. The van der Waals surface area contributed by atoms with Crippen molar-refractivity contribution >= 4 is 0 Å². The predicted octanol–water partition coefficient (Wildman–Crippen LogP) is -1.46. The van der Waals surface area contributed by atoms with Gasteiger partial charge in [0.1, 0.15) is 0 Å². The van der Waals surface area contributed by atoms with Gasteiger partial charge in [0.15, 0.2) is 0 Å². The van der Waals surface area contributed by atoms with Gasteiger partial charge in [-0.25, -0.2) is 4.89 Å². The van der Waals surface area contributed by atoms with Gasteiger partial charge in [-0.05, 0) is 0 Å². The molecule has 0 spiro atoms. The van der Waals surface area contributed by atoms with Gasteiger partial charge < -0.3 is 9.99 Å². The quantitative estimate of drug-likeness (QED) is 0.287. The molecule has 0 bridgehead atoms. The Labute approximate surface area is 65.3 Å². The van der Waals surface area contributed by atoms with Crippen LogP contribution in [0.15, 0.2) is 0 Å². The Kier molecular flexibility index (Phi) is 4.41. The minimum Gasteiger partial charge on any atom is -0.692 e. The molecule has 5 heteroatoms. The predicted molar refractivity (Wildman–Crippen MR) is 34.3 cm³/mol. The third-order valence-corrected chi connectivity index (χ3v) is 1.64. The molecule has 0 aromatic heterocycles. The van der Waals surface area contributed by atoms with Crippen LogP contribution in [0.5, 0.6) is 0 Å². The maximum absolute atomic E-state index is 9.41. The Morgan fingerprint density at radius 2 is 2.09 bits per heavy atom. The molecule has 66 valence electrons. The van der Waals surface area contributed by atoms with Crippen molar-refractivity contribution in [1.29, 1.82) is 0 Å². The molecule has 1 aliphatic heterocycles. The van der Waals surface area contributed by atoms with Gasteiger partial charge in [-0.15, -0.1) is 0 Å². The summed E-state index contributed by atoms with van der Waals surface area (Å²) in [6.07, 6.45) is 0. The average molecular weight is 162 g/mol. The monoisotopic (exact) mass is 162 g/mol.